The first-order chi connectivity index (χ1) is 11.2. The van der Waals surface area contributed by atoms with Gasteiger partial charge in [0.25, 0.3) is 0 Å². The molecule has 0 saturated carbocycles. The Kier molecular flexibility index (Phi) is 11.8. The molecule has 0 spiro atoms. The Bertz CT molecular complexity index is 412. The van der Waals surface area contributed by atoms with E-state index in [-0.39, 0.29) is 11.8 Å². The van der Waals surface area contributed by atoms with Crippen LogP contribution in [0.5, 0.6) is 0 Å². The highest BCUT2D eigenvalue weighted by atomic mass is 16.2. The number of hydrogen-bond donors (Lipinski definition) is 2. The van der Waals surface area contributed by atoms with Gasteiger partial charge in [-0.05, 0) is 38.5 Å². The summed E-state index contributed by atoms with van der Waals surface area (Å²) in [4.78, 5) is 23.2. The third kappa shape index (κ3) is 11.8. The SMILES string of the molecule is CC(=NNC(=O)CCCCCCC(=O)NN=C(C)C(C)C)C(C)C. The molecule has 2 amide bonds. The van der Waals surface area contributed by atoms with Crippen LogP contribution in [0.2, 0.25) is 0 Å². The van der Waals surface area contributed by atoms with Crippen LogP contribution in [0.15, 0.2) is 10.2 Å². The quantitative estimate of drug-likeness (QED) is 0.342. The van der Waals surface area contributed by atoms with Crippen molar-refractivity contribution in [3.05, 3.63) is 0 Å². The number of hydrazone groups is 2. The first-order valence-electron chi connectivity index (χ1n) is 8.90. The molecule has 138 valence electrons. The van der Waals surface area contributed by atoms with E-state index in [0.717, 1.165) is 37.1 Å². The van der Waals surface area contributed by atoms with Crippen molar-refractivity contribution < 1.29 is 9.59 Å². The monoisotopic (exact) mass is 338 g/mol. The van der Waals surface area contributed by atoms with Crippen molar-refractivity contribution in [2.45, 2.75) is 80.1 Å². The summed E-state index contributed by atoms with van der Waals surface area (Å²) in [5.41, 5.74) is 7.00. The summed E-state index contributed by atoms with van der Waals surface area (Å²) >= 11 is 0. The molecule has 24 heavy (non-hydrogen) atoms. The molecule has 0 rings (SSSR count). The second-order valence-electron chi connectivity index (χ2n) is 6.80. The molecule has 0 unspecified atom stereocenters. The predicted molar refractivity (Wildman–Crippen MR) is 99.9 cm³/mol. The van der Waals surface area contributed by atoms with Crippen LogP contribution in [0.3, 0.4) is 0 Å². The van der Waals surface area contributed by atoms with E-state index in [0.29, 0.717) is 24.7 Å². The van der Waals surface area contributed by atoms with Crippen LogP contribution in [-0.4, -0.2) is 23.2 Å². The largest absolute Gasteiger partial charge is 0.273 e. The smallest absolute Gasteiger partial charge is 0.240 e. The van der Waals surface area contributed by atoms with Crippen LogP contribution in [0.25, 0.3) is 0 Å². The summed E-state index contributed by atoms with van der Waals surface area (Å²) in [6.45, 7) is 12.0. The minimum atomic E-state index is -0.0498. The van der Waals surface area contributed by atoms with Gasteiger partial charge in [0.15, 0.2) is 0 Å². The molecular weight excluding hydrogens is 304 g/mol. The van der Waals surface area contributed by atoms with Crippen molar-refractivity contribution >= 4 is 23.2 Å². The van der Waals surface area contributed by atoms with Crippen LogP contribution < -0.4 is 10.9 Å². The Morgan fingerprint density at radius 1 is 0.708 bits per heavy atom. The average Bonchev–Trinajstić information content (AvgIpc) is 2.52. The first-order valence-corrected chi connectivity index (χ1v) is 8.90. The summed E-state index contributed by atoms with van der Waals surface area (Å²) in [5, 5.41) is 8.12. The number of nitrogens with zero attached hydrogens (tertiary/aromatic N) is 2. The number of carbonyl (C=O) groups excluding carboxylic acids is 2. The minimum absolute atomic E-state index is 0.0498. The molecule has 2 N–H and O–H groups in total. The maximum Gasteiger partial charge on any atom is 0.240 e. The summed E-state index contributed by atoms with van der Waals surface area (Å²) in [6, 6.07) is 0. The van der Waals surface area contributed by atoms with Gasteiger partial charge in [0.2, 0.25) is 11.8 Å². The van der Waals surface area contributed by atoms with Gasteiger partial charge in [-0.1, -0.05) is 40.5 Å². The van der Waals surface area contributed by atoms with Crippen molar-refractivity contribution in [2.24, 2.45) is 22.0 Å². The normalized spacial score (nSPS) is 12.7. The van der Waals surface area contributed by atoms with Gasteiger partial charge in [-0.25, -0.2) is 10.9 Å². The van der Waals surface area contributed by atoms with E-state index in [2.05, 4.69) is 21.1 Å². The predicted octanol–water partition coefficient (Wildman–Crippen LogP) is 3.62. The molecule has 0 aromatic rings. The lowest BCUT2D eigenvalue weighted by Crippen LogP contribution is -2.20. The van der Waals surface area contributed by atoms with Gasteiger partial charge >= 0.3 is 0 Å². The van der Waals surface area contributed by atoms with Crippen molar-refractivity contribution in [3.63, 3.8) is 0 Å². The Balaban J connectivity index is 3.70. The number of carbonyl (C=O) groups is 2. The Hall–Kier alpha value is -1.72. The van der Waals surface area contributed by atoms with E-state index in [1.54, 1.807) is 0 Å². The van der Waals surface area contributed by atoms with Crippen molar-refractivity contribution in [2.75, 3.05) is 0 Å². The summed E-state index contributed by atoms with van der Waals surface area (Å²) in [5.74, 6) is 0.577. The molecule has 0 fully saturated rings. The van der Waals surface area contributed by atoms with Crippen molar-refractivity contribution in [3.8, 4) is 0 Å². The lowest BCUT2D eigenvalue weighted by atomic mass is 10.1. The number of unbranched alkanes of at least 4 members (excludes halogenated alkanes) is 3. The maximum atomic E-state index is 11.6. The molecule has 6 heteroatoms. The van der Waals surface area contributed by atoms with Crippen LogP contribution in [0.1, 0.15) is 80.1 Å². The van der Waals surface area contributed by atoms with Gasteiger partial charge in [-0.2, -0.15) is 10.2 Å². The molecule has 0 bridgehead atoms. The van der Waals surface area contributed by atoms with Gasteiger partial charge in [-0.3, -0.25) is 9.59 Å². The van der Waals surface area contributed by atoms with Crippen LogP contribution >= 0.6 is 0 Å². The highest BCUT2D eigenvalue weighted by Crippen LogP contribution is 2.06. The molecule has 0 aliphatic heterocycles. The molecule has 0 aliphatic rings. The second-order valence-corrected chi connectivity index (χ2v) is 6.80. The van der Waals surface area contributed by atoms with Gasteiger partial charge in [0, 0.05) is 24.3 Å². The van der Waals surface area contributed by atoms with Gasteiger partial charge in [0.05, 0.1) is 0 Å². The molecule has 0 aliphatic carbocycles. The van der Waals surface area contributed by atoms with Crippen LogP contribution in [0, 0.1) is 11.8 Å². The molecule has 0 radical (unpaired) electrons. The molecule has 6 nitrogen and oxygen atoms in total. The topological polar surface area (TPSA) is 82.9 Å². The highest BCUT2D eigenvalue weighted by molar-refractivity contribution is 5.86. The molecule has 0 aromatic carbocycles. The third-order valence-corrected chi connectivity index (χ3v) is 3.94. The summed E-state index contributed by atoms with van der Waals surface area (Å²) in [6.07, 6.45) is 4.43. The summed E-state index contributed by atoms with van der Waals surface area (Å²) < 4.78 is 0. The average molecular weight is 338 g/mol. The lowest BCUT2D eigenvalue weighted by molar-refractivity contribution is -0.122. The standard InChI is InChI=1S/C18H34N4O2/c1-13(2)15(5)19-21-17(23)11-9-7-8-10-12-18(24)22-20-16(6)14(3)4/h13-14H,7-12H2,1-6H3,(H,21,23)(H,22,24). The fraction of sp³-hybridized carbons (Fsp3) is 0.778. The Morgan fingerprint density at radius 3 is 1.33 bits per heavy atom. The zero-order valence-electron chi connectivity index (χ0n) is 16.1. The Labute approximate surface area is 146 Å². The van der Waals surface area contributed by atoms with Crippen molar-refractivity contribution in [1.29, 1.82) is 0 Å². The summed E-state index contributed by atoms with van der Waals surface area (Å²) in [7, 11) is 0. The third-order valence-electron chi connectivity index (χ3n) is 3.94. The molecule has 0 aromatic heterocycles. The maximum absolute atomic E-state index is 11.6. The van der Waals surface area contributed by atoms with E-state index in [1.165, 1.54) is 0 Å². The van der Waals surface area contributed by atoms with Crippen LogP contribution in [0.4, 0.5) is 0 Å². The molecule has 0 saturated heterocycles. The van der Waals surface area contributed by atoms with Gasteiger partial charge < -0.3 is 0 Å². The molecule has 0 heterocycles. The number of rotatable bonds is 11. The highest BCUT2D eigenvalue weighted by Gasteiger charge is 2.04. The number of amides is 2. The minimum Gasteiger partial charge on any atom is -0.273 e. The van der Waals surface area contributed by atoms with E-state index >= 15 is 0 Å². The zero-order chi connectivity index (χ0) is 18.5. The van der Waals surface area contributed by atoms with Gasteiger partial charge in [-0.15, -0.1) is 0 Å². The first kappa shape index (κ1) is 22.3. The van der Waals surface area contributed by atoms with E-state index < -0.39 is 0 Å². The number of hydrogen-bond acceptors (Lipinski definition) is 4. The fourth-order valence-electron chi connectivity index (χ4n) is 1.60. The van der Waals surface area contributed by atoms with E-state index in [4.69, 9.17) is 0 Å². The number of nitrogens with one attached hydrogen (secondary N) is 2. The van der Waals surface area contributed by atoms with E-state index in [9.17, 15) is 9.59 Å². The molecule has 0 atom stereocenters. The second kappa shape index (κ2) is 12.7. The fourth-order valence-corrected chi connectivity index (χ4v) is 1.60. The molecular formula is C18H34N4O2. The van der Waals surface area contributed by atoms with Crippen LogP contribution in [-0.2, 0) is 9.59 Å². The zero-order valence-corrected chi connectivity index (χ0v) is 16.1. The lowest BCUT2D eigenvalue weighted by Gasteiger charge is -2.06. The Morgan fingerprint density at radius 2 is 1.04 bits per heavy atom. The van der Waals surface area contributed by atoms with Gasteiger partial charge in [0.1, 0.15) is 0 Å². The van der Waals surface area contributed by atoms with Crippen molar-refractivity contribution in [1.82, 2.24) is 10.9 Å². The van der Waals surface area contributed by atoms with E-state index in [1.807, 2.05) is 41.5 Å².